The fourth-order valence-corrected chi connectivity index (χ4v) is 3.14. The first-order chi connectivity index (χ1) is 8.72. The molecule has 1 spiro atoms. The Morgan fingerprint density at radius 1 is 1.44 bits per heavy atom. The molecule has 0 radical (unpaired) electrons. The molecule has 1 atom stereocenters. The molecular weight excluding hydrogens is 226 g/mol. The minimum absolute atomic E-state index is 0.107. The maximum atomic E-state index is 11.3. The van der Waals surface area contributed by atoms with Gasteiger partial charge in [-0.25, -0.2) is 0 Å². The summed E-state index contributed by atoms with van der Waals surface area (Å²) in [6.07, 6.45) is 2.41. The van der Waals surface area contributed by atoms with E-state index in [2.05, 4.69) is 16.4 Å². The van der Waals surface area contributed by atoms with Gasteiger partial charge in [0.25, 0.3) is 0 Å². The number of primary amides is 1. The summed E-state index contributed by atoms with van der Waals surface area (Å²) in [6.45, 7) is 1.89. The van der Waals surface area contributed by atoms with Crippen LogP contribution in [0, 0.1) is 0 Å². The highest BCUT2D eigenvalue weighted by atomic mass is 16.1. The number of nitrogens with one attached hydrogen (secondary N) is 1. The highest BCUT2D eigenvalue weighted by molar-refractivity contribution is 6.10. The van der Waals surface area contributed by atoms with E-state index < -0.39 is 0 Å². The number of rotatable bonds is 2. The van der Waals surface area contributed by atoms with E-state index in [1.165, 1.54) is 5.56 Å². The molecule has 3 N–H and O–H groups in total. The van der Waals surface area contributed by atoms with E-state index in [4.69, 9.17) is 5.73 Å². The molecule has 1 fully saturated rings. The van der Waals surface area contributed by atoms with Gasteiger partial charge in [0.2, 0.25) is 5.91 Å². The maximum Gasteiger partial charge on any atom is 0.223 e. The van der Waals surface area contributed by atoms with Gasteiger partial charge in [0.1, 0.15) is 0 Å². The number of hydrogen-bond donors (Lipinski definition) is 2. The lowest BCUT2D eigenvalue weighted by Crippen LogP contribution is -2.48. The smallest absolute Gasteiger partial charge is 0.223 e. The summed E-state index contributed by atoms with van der Waals surface area (Å²) in [5.41, 5.74) is 8.42. The number of amides is 1. The number of nitrogens with zero attached hydrogens (tertiary/aromatic N) is 1. The van der Waals surface area contributed by atoms with Crippen molar-refractivity contribution in [1.29, 1.82) is 0 Å². The van der Waals surface area contributed by atoms with E-state index >= 15 is 0 Å². The second kappa shape index (κ2) is 4.21. The zero-order chi connectivity index (χ0) is 12.6. The highest BCUT2D eigenvalue weighted by Crippen LogP contribution is 2.44. The lowest BCUT2D eigenvalue weighted by molar-refractivity contribution is -0.116. The van der Waals surface area contributed by atoms with E-state index in [0.717, 1.165) is 37.3 Å². The van der Waals surface area contributed by atoms with Crippen LogP contribution in [-0.4, -0.2) is 24.7 Å². The van der Waals surface area contributed by atoms with Crippen LogP contribution in [0.15, 0.2) is 29.3 Å². The molecule has 4 heteroatoms. The molecule has 1 unspecified atom stereocenters. The number of para-hydroxylation sites is 1. The fraction of sp³-hybridized carbons (Fsp3) is 0.429. The van der Waals surface area contributed by atoms with Crippen molar-refractivity contribution in [1.82, 2.24) is 5.32 Å². The Kier molecular flexibility index (Phi) is 2.67. The van der Waals surface area contributed by atoms with Crippen molar-refractivity contribution in [2.24, 2.45) is 10.7 Å². The average Bonchev–Trinajstić information content (AvgIpc) is 2.65. The fourth-order valence-electron chi connectivity index (χ4n) is 3.14. The lowest BCUT2D eigenvalue weighted by Gasteiger charge is -2.36. The van der Waals surface area contributed by atoms with Gasteiger partial charge in [0.15, 0.2) is 0 Å². The van der Waals surface area contributed by atoms with Gasteiger partial charge in [0, 0.05) is 17.7 Å². The van der Waals surface area contributed by atoms with Gasteiger partial charge in [-0.3, -0.25) is 9.79 Å². The van der Waals surface area contributed by atoms with Gasteiger partial charge < -0.3 is 11.1 Å². The van der Waals surface area contributed by atoms with Crippen molar-refractivity contribution in [3.63, 3.8) is 0 Å². The molecule has 4 nitrogen and oxygen atoms in total. The third kappa shape index (κ3) is 1.64. The summed E-state index contributed by atoms with van der Waals surface area (Å²) in [6, 6.07) is 8.16. The second-order valence-corrected chi connectivity index (χ2v) is 5.08. The molecule has 0 bridgehead atoms. The second-order valence-electron chi connectivity index (χ2n) is 5.08. The zero-order valence-electron chi connectivity index (χ0n) is 10.3. The Morgan fingerprint density at radius 2 is 2.28 bits per heavy atom. The van der Waals surface area contributed by atoms with Crippen LogP contribution < -0.4 is 11.1 Å². The van der Waals surface area contributed by atoms with Crippen molar-refractivity contribution in [3.8, 4) is 0 Å². The van der Waals surface area contributed by atoms with Gasteiger partial charge in [-0.05, 0) is 31.0 Å². The first kappa shape index (κ1) is 11.4. The Bertz CT molecular complexity index is 516. The number of piperidine rings is 1. The minimum Gasteiger partial charge on any atom is -0.369 e. The first-order valence-corrected chi connectivity index (χ1v) is 6.39. The molecule has 1 aromatic rings. The molecule has 0 aliphatic carbocycles. The molecular formula is C14H17N3O. The van der Waals surface area contributed by atoms with Crippen LogP contribution in [0.3, 0.4) is 0 Å². The molecule has 1 amide bonds. The van der Waals surface area contributed by atoms with Gasteiger partial charge in [-0.1, -0.05) is 18.2 Å². The van der Waals surface area contributed by atoms with Gasteiger partial charge in [-0.15, -0.1) is 0 Å². The number of hydrogen-bond acceptors (Lipinski definition) is 3. The minimum atomic E-state index is -0.300. The van der Waals surface area contributed by atoms with Crippen LogP contribution in [0.2, 0.25) is 0 Å². The third-order valence-corrected chi connectivity index (χ3v) is 3.95. The van der Waals surface area contributed by atoms with Crippen LogP contribution in [0.4, 0.5) is 5.69 Å². The van der Waals surface area contributed by atoms with Crippen LogP contribution >= 0.6 is 0 Å². The molecule has 2 aliphatic rings. The first-order valence-electron chi connectivity index (χ1n) is 6.39. The van der Waals surface area contributed by atoms with E-state index in [1.807, 2.05) is 18.2 Å². The number of carbonyl (C=O) groups is 1. The number of nitrogens with two attached hydrogens (primary N) is 1. The number of benzene rings is 1. The van der Waals surface area contributed by atoms with Crippen LogP contribution in [-0.2, 0) is 10.2 Å². The predicted molar refractivity (Wildman–Crippen MR) is 71.1 cm³/mol. The Labute approximate surface area is 106 Å². The standard InChI is InChI=1S/C14H17N3O/c15-13(18)8-12-14(6-3-7-16-9-14)10-4-1-2-5-11(10)17-12/h1-2,4-5,16H,3,6-9H2,(H2,15,18). The Morgan fingerprint density at radius 3 is 3.00 bits per heavy atom. The summed E-state index contributed by atoms with van der Waals surface area (Å²) in [5.74, 6) is -0.300. The Balaban J connectivity index is 2.06. The summed E-state index contributed by atoms with van der Waals surface area (Å²) in [4.78, 5) is 15.9. The number of aliphatic imine (C=N–C) groups is 1. The van der Waals surface area contributed by atoms with Crippen LogP contribution in [0.5, 0.6) is 0 Å². The van der Waals surface area contributed by atoms with Crippen LogP contribution in [0.25, 0.3) is 0 Å². The quantitative estimate of drug-likeness (QED) is 0.821. The lowest BCUT2D eigenvalue weighted by atomic mass is 9.71. The Hall–Kier alpha value is -1.68. The van der Waals surface area contributed by atoms with Crippen molar-refractivity contribution in [2.75, 3.05) is 13.1 Å². The normalized spacial score (nSPS) is 25.9. The van der Waals surface area contributed by atoms with Crippen molar-refractivity contribution in [3.05, 3.63) is 29.8 Å². The van der Waals surface area contributed by atoms with E-state index in [1.54, 1.807) is 0 Å². The summed E-state index contributed by atoms with van der Waals surface area (Å²) in [7, 11) is 0. The van der Waals surface area contributed by atoms with Crippen molar-refractivity contribution < 1.29 is 4.79 Å². The SMILES string of the molecule is NC(=O)CC1=Nc2ccccc2C12CCCNC2. The van der Waals surface area contributed by atoms with E-state index in [-0.39, 0.29) is 17.7 Å². The molecule has 3 rings (SSSR count). The summed E-state index contributed by atoms with van der Waals surface area (Å²) < 4.78 is 0. The van der Waals surface area contributed by atoms with Gasteiger partial charge >= 0.3 is 0 Å². The maximum absolute atomic E-state index is 11.3. The van der Waals surface area contributed by atoms with Gasteiger partial charge in [-0.2, -0.15) is 0 Å². The number of carbonyl (C=O) groups excluding carboxylic acids is 1. The summed E-state index contributed by atoms with van der Waals surface area (Å²) in [5, 5.41) is 3.43. The summed E-state index contributed by atoms with van der Waals surface area (Å²) >= 11 is 0. The molecule has 1 aromatic carbocycles. The molecule has 0 saturated carbocycles. The van der Waals surface area contributed by atoms with E-state index in [0.29, 0.717) is 0 Å². The topological polar surface area (TPSA) is 67.5 Å². The third-order valence-electron chi connectivity index (χ3n) is 3.95. The van der Waals surface area contributed by atoms with Gasteiger partial charge in [0.05, 0.1) is 12.1 Å². The molecule has 2 aliphatic heterocycles. The number of fused-ring (bicyclic) bond motifs is 2. The molecule has 94 valence electrons. The molecule has 18 heavy (non-hydrogen) atoms. The monoisotopic (exact) mass is 243 g/mol. The molecule has 1 saturated heterocycles. The van der Waals surface area contributed by atoms with Crippen molar-refractivity contribution >= 4 is 17.3 Å². The van der Waals surface area contributed by atoms with Crippen molar-refractivity contribution in [2.45, 2.75) is 24.7 Å². The predicted octanol–water partition coefficient (Wildman–Crippen LogP) is 1.27. The molecule has 0 aromatic heterocycles. The average molecular weight is 243 g/mol. The van der Waals surface area contributed by atoms with E-state index in [9.17, 15) is 4.79 Å². The zero-order valence-corrected chi connectivity index (χ0v) is 10.3. The van der Waals surface area contributed by atoms with Crippen LogP contribution in [0.1, 0.15) is 24.8 Å². The largest absolute Gasteiger partial charge is 0.369 e. The highest BCUT2D eigenvalue weighted by Gasteiger charge is 2.44. The molecule has 2 heterocycles.